The molecule has 0 bridgehead atoms. The monoisotopic (exact) mass is 406 g/mol. The Hall–Kier alpha value is -2.30. The first kappa shape index (κ1) is 18.5. The summed E-state index contributed by atoms with van der Waals surface area (Å²) in [6, 6.07) is 7.09. The highest BCUT2D eigenvalue weighted by molar-refractivity contribution is 8.26. The number of hydrogen-bond donors (Lipinski definition) is 1. The third-order valence-corrected chi connectivity index (χ3v) is 5.55. The average Bonchev–Trinajstić information content (AvgIpc) is 3.13. The summed E-state index contributed by atoms with van der Waals surface area (Å²) < 4.78 is 5.99. The Bertz CT molecular complexity index is 892. The molecule has 0 saturated carbocycles. The zero-order chi connectivity index (χ0) is 18.7. The number of thioether (sulfide) groups is 1. The standard InChI is InChI=1S/C16H14N4O3S3/c1-9-18-19-15(25-9)17-13(21)8-23-11-5-3-10(4-6-11)7-12-14(22)20(2)16(24)26-12/h3-7H,8H2,1-2H3,(H,17,19,21)/b12-7-. The summed E-state index contributed by atoms with van der Waals surface area (Å²) >= 11 is 7.67. The highest BCUT2D eigenvalue weighted by atomic mass is 32.2. The molecule has 26 heavy (non-hydrogen) atoms. The number of nitrogens with zero attached hydrogens (tertiary/aromatic N) is 3. The molecule has 134 valence electrons. The first-order valence-corrected chi connectivity index (χ1v) is 9.51. The van der Waals surface area contributed by atoms with Crippen LogP contribution in [0, 0.1) is 6.92 Å². The van der Waals surface area contributed by atoms with Gasteiger partial charge >= 0.3 is 0 Å². The van der Waals surface area contributed by atoms with Gasteiger partial charge in [-0.1, -0.05) is 47.4 Å². The van der Waals surface area contributed by atoms with Gasteiger partial charge in [-0.2, -0.15) is 0 Å². The number of carbonyl (C=O) groups excluding carboxylic acids is 2. The molecule has 1 saturated heterocycles. The number of benzene rings is 1. The fourth-order valence-electron chi connectivity index (χ4n) is 2.01. The van der Waals surface area contributed by atoms with E-state index in [0.717, 1.165) is 10.6 Å². The fraction of sp³-hybridized carbons (Fsp3) is 0.188. The van der Waals surface area contributed by atoms with Gasteiger partial charge in [0.1, 0.15) is 15.1 Å². The third-order valence-electron chi connectivity index (χ3n) is 3.31. The Kier molecular flexibility index (Phi) is 5.64. The predicted octanol–water partition coefficient (Wildman–Crippen LogP) is 2.70. The smallest absolute Gasteiger partial charge is 0.265 e. The minimum absolute atomic E-state index is 0.107. The SMILES string of the molecule is Cc1nnc(NC(=O)COc2ccc(/C=C3\SC(=S)N(C)C3=O)cc2)s1. The molecule has 2 aromatic rings. The highest BCUT2D eigenvalue weighted by Gasteiger charge is 2.28. The van der Waals surface area contributed by atoms with Gasteiger partial charge in [0.05, 0.1) is 4.91 Å². The molecule has 1 aromatic carbocycles. The van der Waals surface area contributed by atoms with E-state index in [1.54, 1.807) is 25.3 Å². The maximum absolute atomic E-state index is 12.0. The Morgan fingerprint density at radius 1 is 1.35 bits per heavy atom. The van der Waals surface area contributed by atoms with Gasteiger partial charge in [-0.05, 0) is 30.7 Å². The number of thiocarbonyl (C=S) groups is 1. The maximum Gasteiger partial charge on any atom is 0.265 e. The Morgan fingerprint density at radius 2 is 2.08 bits per heavy atom. The topological polar surface area (TPSA) is 84.4 Å². The quantitative estimate of drug-likeness (QED) is 0.604. The summed E-state index contributed by atoms with van der Waals surface area (Å²) in [7, 11) is 1.66. The van der Waals surface area contributed by atoms with Crippen LogP contribution < -0.4 is 10.1 Å². The van der Waals surface area contributed by atoms with Crippen LogP contribution in [-0.4, -0.2) is 44.9 Å². The van der Waals surface area contributed by atoms with Crippen molar-refractivity contribution in [2.24, 2.45) is 0 Å². The van der Waals surface area contributed by atoms with Gasteiger partial charge in [0.25, 0.3) is 11.8 Å². The Labute approximate surface area is 163 Å². The second-order valence-corrected chi connectivity index (χ2v) is 8.13. The van der Waals surface area contributed by atoms with Crippen LogP contribution in [0.4, 0.5) is 5.13 Å². The van der Waals surface area contributed by atoms with Crippen LogP contribution in [-0.2, 0) is 9.59 Å². The van der Waals surface area contributed by atoms with Crippen LogP contribution in [0.1, 0.15) is 10.6 Å². The largest absolute Gasteiger partial charge is 0.484 e. The lowest BCUT2D eigenvalue weighted by molar-refractivity contribution is -0.121. The molecule has 1 aliphatic heterocycles. The number of ether oxygens (including phenoxy) is 1. The van der Waals surface area contributed by atoms with Crippen molar-refractivity contribution in [1.82, 2.24) is 15.1 Å². The van der Waals surface area contributed by atoms with E-state index in [1.807, 2.05) is 19.1 Å². The fourth-order valence-corrected chi connectivity index (χ4v) is 3.80. The van der Waals surface area contributed by atoms with Gasteiger partial charge in [0.15, 0.2) is 6.61 Å². The molecule has 1 aliphatic rings. The number of carbonyl (C=O) groups is 2. The lowest BCUT2D eigenvalue weighted by Gasteiger charge is -2.06. The molecule has 2 heterocycles. The van der Waals surface area contributed by atoms with Gasteiger partial charge in [-0.15, -0.1) is 10.2 Å². The molecule has 1 fully saturated rings. The number of hydrogen-bond acceptors (Lipinski definition) is 8. The van der Waals surface area contributed by atoms with Crippen LogP contribution in [0.15, 0.2) is 29.2 Å². The van der Waals surface area contributed by atoms with Crippen molar-refractivity contribution < 1.29 is 14.3 Å². The van der Waals surface area contributed by atoms with Gasteiger partial charge in [0, 0.05) is 7.05 Å². The first-order valence-electron chi connectivity index (χ1n) is 7.47. The summed E-state index contributed by atoms with van der Waals surface area (Å²) in [5.74, 6) is 0.134. The molecule has 1 N–H and O–H groups in total. The maximum atomic E-state index is 12.0. The van der Waals surface area contributed by atoms with E-state index < -0.39 is 0 Å². The van der Waals surface area contributed by atoms with E-state index in [-0.39, 0.29) is 18.4 Å². The normalized spacial score (nSPS) is 15.6. The minimum atomic E-state index is -0.308. The summed E-state index contributed by atoms with van der Waals surface area (Å²) in [6.07, 6.45) is 1.77. The van der Waals surface area contributed by atoms with Crippen molar-refractivity contribution in [2.45, 2.75) is 6.92 Å². The van der Waals surface area contributed by atoms with E-state index >= 15 is 0 Å². The van der Waals surface area contributed by atoms with E-state index in [0.29, 0.717) is 20.1 Å². The summed E-state index contributed by atoms with van der Waals surface area (Å²) in [5.41, 5.74) is 0.847. The van der Waals surface area contributed by atoms with Crippen LogP contribution in [0.25, 0.3) is 6.08 Å². The molecule has 0 aliphatic carbocycles. The zero-order valence-electron chi connectivity index (χ0n) is 13.9. The lowest BCUT2D eigenvalue weighted by atomic mass is 10.2. The van der Waals surface area contributed by atoms with E-state index in [2.05, 4.69) is 15.5 Å². The number of rotatable bonds is 5. The predicted molar refractivity (Wildman–Crippen MR) is 106 cm³/mol. The third kappa shape index (κ3) is 4.45. The van der Waals surface area contributed by atoms with Crippen LogP contribution in [0.5, 0.6) is 5.75 Å². The molecule has 1 aromatic heterocycles. The minimum Gasteiger partial charge on any atom is -0.484 e. The molecule has 7 nitrogen and oxygen atoms in total. The lowest BCUT2D eigenvalue weighted by Crippen LogP contribution is -2.22. The van der Waals surface area contributed by atoms with Crippen LogP contribution in [0.2, 0.25) is 0 Å². The number of amides is 2. The first-order chi connectivity index (χ1) is 12.4. The number of aromatic nitrogens is 2. The van der Waals surface area contributed by atoms with Gasteiger partial charge in [-0.25, -0.2) is 0 Å². The van der Waals surface area contributed by atoms with Crippen molar-refractivity contribution in [3.05, 3.63) is 39.7 Å². The number of anilines is 1. The molecule has 2 amide bonds. The molecule has 0 atom stereocenters. The van der Waals surface area contributed by atoms with Gasteiger partial charge in [-0.3, -0.25) is 19.8 Å². The molecular formula is C16H14N4O3S3. The molecular weight excluding hydrogens is 392 g/mol. The molecule has 0 radical (unpaired) electrons. The second kappa shape index (κ2) is 7.94. The molecule has 0 unspecified atom stereocenters. The molecule has 0 spiro atoms. The van der Waals surface area contributed by atoms with Gasteiger partial charge < -0.3 is 4.74 Å². The number of likely N-dealkylation sites (N-methyl/N-ethyl adjacent to an activating group) is 1. The average molecular weight is 407 g/mol. The van der Waals surface area contributed by atoms with E-state index in [9.17, 15) is 9.59 Å². The summed E-state index contributed by atoms with van der Waals surface area (Å²) in [5, 5.41) is 11.5. The van der Waals surface area contributed by atoms with Crippen molar-refractivity contribution in [2.75, 3.05) is 19.0 Å². The molecule has 3 rings (SSSR count). The van der Waals surface area contributed by atoms with Crippen molar-refractivity contribution >= 4 is 62.7 Å². The molecule has 10 heteroatoms. The van der Waals surface area contributed by atoms with Crippen molar-refractivity contribution in [3.63, 3.8) is 0 Å². The highest BCUT2D eigenvalue weighted by Crippen LogP contribution is 2.31. The van der Waals surface area contributed by atoms with Crippen LogP contribution in [0.3, 0.4) is 0 Å². The van der Waals surface area contributed by atoms with Crippen molar-refractivity contribution in [1.29, 1.82) is 0 Å². The Balaban J connectivity index is 1.55. The zero-order valence-corrected chi connectivity index (χ0v) is 16.3. The van der Waals surface area contributed by atoms with Crippen molar-refractivity contribution in [3.8, 4) is 5.75 Å². The summed E-state index contributed by atoms with van der Waals surface area (Å²) in [4.78, 5) is 25.8. The van der Waals surface area contributed by atoms with E-state index in [4.69, 9.17) is 17.0 Å². The Morgan fingerprint density at radius 3 is 2.65 bits per heavy atom. The number of nitrogens with one attached hydrogen (secondary N) is 1. The van der Waals surface area contributed by atoms with Crippen LogP contribution >= 0.6 is 35.3 Å². The second-order valence-electron chi connectivity index (χ2n) is 5.27. The van der Waals surface area contributed by atoms with Gasteiger partial charge in [0.2, 0.25) is 5.13 Å². The summed E-state index contributed by atoms with van der Waals surface area (Å²) in [6.45, 7) is 1.68. The number of aryl methyl sites for hydroxylation is 1. The van der Waals surface area contributed by atoms with E-state index in [1.165, 1.54) is 28.0 Å².